The van der Waals surface area contributed by atoms with Crippen LogP contribution in [0.1, 0.15) is 13.3 Å². The lowest BCUT2D eigenvalue weighted by Crippen LogP contribution is -1.90. The molecule has 0 rings (SSSR count). The van der Waals surface area contributed by atoms with Gasteiger partial charge in [-0.2, -0.15) is 0 Å². The van der Waals surface area contributed by atoms with Crippen LogP contribution in [-0.2, 0) is 9.09 Å². The van der Waals surface area contributed by atoms with Crippen molar-refractivity contribution in [3.8, 4) is 0 Å². The third-order valence-electron chi connectivity index (χ3n) is 0.825. The highest BCUT2D eigenvalue weighted by Crippen LogP contribution is 2.22. The first-order valence-electron chi connectivity index (χ1n) is 3.25. The second-order valence-corrected chi connectivity index (χ2v) is 2.96. The summed E-state index contributed by atoms with van der Waals surface area (Å²) in [4.78, 5) is 0. The zero-order valence-electron chi connectivity index (χ0n) is 6.04. The average Bonchev–Trinajstić information content (AvgIpc) is 1.97. The van der Waals surface area contributed by atoms with Gasteiger partial charge in [0.15, 0.2) is 0 Å². The van der Waals surface area contributed by atoms with Crippen LogP contribution in [0.4, 0.5) is 0 Å². The predicted molar refractivity (Wildman–Crippen MR) is 41.5 cm³/mol. The van der Waals surface area contributed by atoms with Crippen molar-refractivity contribution in [2.24, 2.45) is 0 Å². The van der Waals surface area contributed by atoms with Crippen molar-refractivity contribution >= 4 is 8.03 Å². The van der Waals surface area contributed by atoms with Gasteiger partial charge < -0.3 is 9.63 Å². The van der Waals surface area contributed by atoms with E-state index < -0.39 is 8.03 Å². The summed E-state index contributed by atoms with van der Waals surface area (Å²) >= 11 is 0. The van der Waals surface area contributed by atoms with Gasteiger partial charge in [-0.25, -0.2) is 0 Å². The Morgan fingerprint density at radius 2 is 2.40 bits per heavy atom. The smallest absolute Gasteiger partial charge is 0.213 e. The molecule has 0 spiro atoms. The minimum absolute atomic E-state index is 0.0730. The van der Waals surface area contributed by atoms with Gasteiger partial charge in [0, 0.05) is 0 Å². The van der Waals surface area contributed by atoms with Crippen LogP contribution in [0.5, 0.6) is 0 Å². The van der Waals surface area contributed by atoms with Crippen LogP contribution < -0.4 is 0 Å². The molecule has 0 aromatic rings. The van der Waals surface area contributed by atoms with E-state index in [9.17, 15) is 4.57 Å². The van der Waals surface area contributed by atoms with Crippen molar-refractivity contribution in [2.75, 3.05) is 13.2 Å². The molecule has 0 fully saturated rings. The molecule has 0 saturated carbocycles. The van der Waals surface area contributed by atoms with E-state index in [0.29, 0.717) is 0 Å². The summed E-state index contributed by atoms with van der Waals surface area (Å²) in [5.74, 6) is 1.54. The summed E-state index contributed by atoms with van der Waals surface area (Å²) in [6.07, 6.45) is 2.65. The molecule has 0 heterocycles. The van der Waals surface area contributed by atoms with Gasteiger partial charge in [0.25, 0.3) is 0 Å². The summed E-state index contributed by atoms with van der Waals surface area (Å²) in [7, 11) is -2.01. The topological polar surface area (TPSA) is 46.5 Å². The van der Waals surface area contributed by atoms with Crippen LogP contribution in [-0.4, -0.2) is 18.3 Å². The lowest BCUT2D eigenvalue weighted by atomic mass is 10.5. The van der Waals surface area contributed by atoms with Crippen LogP contribution in [0.2, 0.25) is 0 Å². The van der Waals surface area contributed by atoms with Crippen LogP contribution in [0.15, 0.2) is 11.9 Å². The molecule has 4 heteroatoms. The molecule has 3 nitrogen and oxygen atoms in total. The quantitative estimate of drug-likeness (QED) is 0.624. The van der Waals surface area contributed by atoms with Crippen LogP contribution in [0.3, 0.4) is 0 Å². The monoisotopic (exact) mass is 164 g/mol. The molecule has 0 aliphatic carbocycles. The van der Waals surface area contributed by atoms with Gasteiger partial charge >= 0.3 is 0 Å². The maximum Gasteiger partial charge on any atom is 0.213 e. The Balaban J connectivity index is 3.34. The lowest BCUT2D eigenvalue weighted by Gasteiger charge is -1.94. The molecule has 1 N–H and O–H groups in total. The standard InChI is InChI=1S/C6H13O3P/c1-2-3-6-10(8)9-5-4-7/h3,6-7,10H,2,4-5H2,1H3. The molecule has 0 amide bonds. The van der Waals surface area contributed by atoms with Crippen molar-refractivity contribution in [3.05, 3.63) is 11.9 Å². The summed E-state index contributed by atoms with van der Waals surface area (Å²) in [6.45, 7) is 2.04. The molecule has 0 aliphatic heterocycles. The molecule has 0 bridgehead atoms. The second-order valence-electron chi connectivity index (χ2n) is 1.70. The minimum atomic E-state index is -2.01. The highest BCUT2D eigenvalue weighted by molar-refractivity contribution is 7.42. The zero-order valence-corrected chi connectivity index (χ0v) is 7.04. The van der Waals surface area contributed by atoms with E-state index in [-0.39, 0.29) is 13.2 Å². The third-order valence-corrected chi connectivity index (χ3v) is 1.82. The zero-order chi connectivity index (χ0) is 7.82. The lowest BCUT2D eigenvalue weighted by molar-refractivity contribution is 0.210. The van der Waals surface area contributed by atoms with Crippen LogP contribution >= 0.6 is 8.03 Å². The van der Waals surface area contributed by atoms with Gasteiger partial charge in [0.1, 0.15) is 0 Å². The van der Waals surface area contributed by atoms with Gasteiger partial charge in [0.05, 0.1) is 13.2 Å². The first-order chi connectivity index (χ1) is 4.81. The van der Waals surface area contributed by atoms with Gasteiger partial charge in [-0.3, -0.25) is 4.57 Å². The second kappa shape index (κ2) is 7.00. The molecule has 1 unspecified atom stereocenters. The Hall–Kier alpha value is -0.110. The van der Waals surface area contributed by atoms with E-state index in [4.69, 9.17) is 9.63 Å². The fourth-order valence-electron chi connectivity index (χ4n) is 0.408. The summed E-state index contributed by atoms with van der Waals surface area (Å²) in [6, 6.07) is 0. The van der Waals surface area contributed by atoms with E-state index in [0.717, 1.165) is 6.42 Å². The van der Waals surface area contributed by atoms with Crippen molar-refractivity contribution < 1.29 is 14.2 Å². The fraction of sp³-hybridized carbons (Fsp3) is 0.667. The molecule has 60 valence electrons. The molecular formula is C6H13O3P. The number of rotatable bonds is 5. The van der Waals surface area contributed by atoms with E-state index in [1.807, 2.05) is 6.92 Å². The van der Waals surface area contributed by atoms with Crippen LogP contribution in [0, 0.1) is 0 Å². The van der Waals surface area contributed by atoms with E-state index in [1.165, 1.54) is 0 Å². The molecular weight excluding hydrogens is 151 g/mol. The Bertz CT molecular complexity index is 122. The first kappa shape index (κ1) is 9.89. The molecule has 0 saturated heterocycles. The van der Waals surface area contributed by atoms with Crippen molar-refractivity contribution in [1.82, 2.24) is 0 Å². The molecule has 0 aromatic heterocycles. The number of allylic oxidation sites excluding steroid dienone is 1. The van der Waals surface area contributed by atoms with E-state index >= 15 is 0 Å². The third kappa shape index (κ3) is 6.02. The van der Waals surface area contributed by atoms with E-state index in [1.54, 1.807) is 11.9 Å². The number of hydrogen-bond acceptors (Lipinski definition) is 3. The maximum atomic E-state index is 10.7. The maximum absolute atomic E-state index is 10.7. The summed E-state index contributed by atoms with van der Waals surface area (Å²) in [5.41, 5.74) is 0. The van der Waals surface area contributed by atoms with Gasteiger partial charge in [-0.05, 0) is 12.2 Å². The van der Waals surface area contributed by atoms with Gasteiger partial charge in [-0.15, -0.1) is 0 Å². The fourth-order valence-corrected chi connectivity index (χ4v) is 1.23. The number of hydrogen-bond donors (Lipinski definition) is 1. The molecule has 0 aliphatic rings. The Kier molecular flexibility index (Phi) is 6.93. The van der Waals surface area contributed by atoms with Crippen molar-refractivity contribution in [1.29, 1.82) is 0 Å². The minimum Gasteiger partial charge on any atom is -0.394 e. The normalized spacial score (nSPS) is 14.2. The predicted octanol–water partition coefficient (Wildman–Crippen LogP) is 1.39. The Labute approximate surface area is 61.6 Å². The Morgan fingerprint density at radius 1 is 1.70 bits per heavy atom. The first-order valence-corrected chi connectivity index (χ1v) is 4.64. The average molecular weight is 164 g/mol. The number of aliphatic hydroxyl groups is 1. The van der Waals surface area contributed by atoms with Crippen molar-refractivity contribution in [2.45, 2.75) is 13.3 Å². The van der Waals surface area contributed by atoms with Gasteiger partial charge in [-0.1, -0.05) is 13.0 Å². The van der Waals surface area contributed by atoms with Gasteiger partial charge in [0.2, 0.25) is 8.03 Å². The Morgan fingerprint density at radius 3 is 2.90 bits per heavy atom. The van der Waals surface area contributed by atoms with Crippen LogP contribution in [0.25, 0.3) is 0 Å². The SMILES string of the molecule is CCC=C[PH](=O)OCCO. The summed E-state index contributed by atoms with van der Waals surface area (Å²) in [5, 5.41) is 8.27. The van der Waals surface area contributed by atoms with E-state index in [2.05, 4.69) is 0 Å². The highest BCUT2D eigenvalue weighted by Gasteiger charge is 1.89. The molecule has 0 radical (unpaired) electrons. The number of aliphatic hydroxyl groups excluding tert-OH is 1. The van der Waals surface area contributed by atoms with Crippen molar-refractivity contribution in [3.63, 3.8) is 0 Å². The molecule has 1 atom stereocenters. The molecule has 0 aromatic carbocycles. The molecule has 10 heavy (non-hydrogen) atoms. The highest BCUT2D eigenvalue weighted by atomic mass is 31.1. The summed E-state index contributed by atoms with van der Waals surface area (Å²) < 4.78 is 15.4. The largest absolute Gasteiger partial charge is 0.394 e.